The van der Waals surface area contributed by atoms with Crippen LogP contribution in [0.3, 0.4) is 0 Å². The van der Waals surface area contributed by atoms with E-state index in [1.54, 1.807) is 7.11 Å². The van der Waals surface area contributed by atoms with Crippen LogP contribution in [0.5, 0.6) is 0 Å². The van der Waals surface area contributed by atoms with Gasteiger partial charge in [-0.3, -0.25) is 0 Å². The van der Waals surface area contributed by atoms with Crippen LogP contribution >= 0.6 is 12.4 Å². The smallest absolute Gasteiger partial charge is 0.0733 e. The van der Waals surface area contributed by atoms with E-state index in [0.717, 1.165) is 6.42 Å². The molecule has 0 aliphatic carbocycles. The lowest BCUT2D eigenvalue weighted by molar-refractivity contribution is 0.110. The third kappa shape index (κ3) is 4.09. The van der Waals surface area contributed by atoms with Gasteiger partial charge >= 0.3 is 0 Å². The van der Waals surface area contributed by atoms with E-state index in [-0.39, 0.29) is 18.5 Å². The van der Waals surface area contributed by atoms with Gasteiger partial charge in [-0.1, -0.05) is 29.8 Å². The molecule has 0 radical (unpaired) electrons. The Morgan fingerprint density at radius 3 is 2.29 bits per heavy atom. The Balaban J connectivity index is 0.00000169. The Hall–Kier alpha value is -0.570. The molecule has 0 aromatic heterocycles. The lowest BCUT2D eigenvalue weighted by Crippen LogP contribution is -2.24. The maximum Gasteiger partial charge on any atom is 0.0733 e. The minimum atomic E-state index is 0. The van der Waals surface area contributed by atoms with Crippen molar-refractivity contribution in [3.8, 4) is 0 Å². The van der Waals surface area contributed by atoms with Gasteiger partial charge in [-0.15, -0.1) is 12.4 Å². The molecule has 0 saturated carbocycles. The summed E-state index contributed by atoms with van der Waals surface area (Å²) in [6.07, 6.45) is 1.04. The Morgan fingerprint density at radius 1 is 1.29 bits per heavy atom. The largest absolute Gasteiger partial charge is 0.380 e. The monoisotopic (exact) mass is 215 g/mol. The van der Waals surface area contributed by atoms with Crippen LogP contribution in [0.1, 0.15) is 11.1 Å². The lowest BCUT2D eigenvalue weighted by Gasteiger charge is -2.12. The quantitative estimate of drug-likeness (QED) is 0.833. The predicted octanol–water partition coefficient (Wildman–Crippen LogP) is 1.93. The zero-order valence-corrected chi connectivity index (χ0v) is 9.51. The van der Waals surface area contributed by atoms with Gasteiger partial charge in [0.1, 0.15) is 0 Å². The first kappa shape index (κ1) is 13.4. The second-order valence-corrected chi connectivity index (χ2v) is 3.28. The topological polar surface area (TPSA) is 35.2 Å². The van der Waals surface area contributed by atoms with Crippen molar-refractivity contribution in [2.75, 3.05) is 13.7 Å². The third-order valence-electron chi connectivity index (χ3n) is 2.18. The zero-order chi connectivity index (χ0) is 9.68. The molecule has 3 heteroatoms. The van der Waals surface area contributed by atoms with E-state index in [1.165, 1.54) is 11.1 Å². The fourth-order valence-corrected chi connectivity index (χ4v) is 1.25. The van der Waals surface area contributed by atoms with Gasteiger partial charge in [-0.05, 0) is 18.9 Å². The number of benzene rings is 1. The lowest BCUT2D eigenvalue weighted by atomic mass is 10.1. The molecule has 2 nitrogen and oxygen atoms in total. The summed E-state index contributed by atoms with van der Waals surface area (Å²) in [5.74, 6) is 0. The van der Waals surface area contributed by atoms with Gasteiger partial charge in [0.25, 0.3) is 0 Å². The molecule has 0 spiro atoms. The molecule has 1 atom stereocenters. The minimum absolute atomic E-state index is 0. The fraction of sp³-hybridized carbons (Fsp3) is 0.455. The summed E-state index contributed by atoms with van der Waals surface area (Å²) in [6, 6.07) is 8.46. The molecule has 1 aromatic rings. The number of hydrogen-bond donors (Lipinski definition) is 1. The number of rotatable bonds is 4. The van der Waals surface area contributed by atoms with Crippen molar-refractivity contribution in [3.05, 3.63) is 35.4 Å². The van der Waals surface area contributed by atoms with Crippen molar-refractivity contribution >= 4 is 12.4 Å². The molecule has 80 valence electrons. The normalized spacial score (nSPS) is 11.9. The summed E-state index contributed by atoms with van der Waals surface area (Å²) in [6.45, 7) is 2.66. The third-order valence-corrected chi connectivity index (χ3v) is 2.18. The molecule has 0 bridgehead atoms. The van der Waals surface area contributed by atoms with Gasteiger partial charge in [0, 0.05) is 13.7 Å². The first-order valence-corrected chi connectivity index (χ1v) is 4.54. The molecule has 0 saturated heterocycles. The fourth-order valence-electron chi connectivity index (χ4n) is 1.25. The SMILES string of the molecule is COC(CN)Cc1ccc(C)cc1.Cl. The van der Waals surface area contributed by atoms with Crippen LogP contribution in [-0.2, 0) is 11.2 Å². The predicted molar refractivity (Wildman–Crippen MR) is 62.0 cm³/mol. The van der Waals surface area contributed by atoms with E-state index in [9.17, 15) is 0 Å². The standard InChI is InChI=1S/C11H17NO.ClH/c1-9-3-5-10(6-4-9)7-11(8-12)13-2;/h3-6,11H,7-8,12H2,1-2H3;1H. The molecule has 0 fully saturated rings. The summed E-state index contributed by atoms with van der Waals surface area (Å²) in [4.78, 5) is 0. The van der Waals surface area contributed by atoms with Crippen LogP contribution in [-0.4, -0.2) is 19.8 Å². The number of halogens is 1. The Kier molecular flexibility index (Phi) is 6.54. The molecule has 1 aromatic carbocycles. The second kappa shape index (κ2) is 6.82. The van der Waals surface area contributed by atoms with Gasteiger partial charge in [0.15, 0.2) is 0 Å². The van der Waals surface area contributed by atoms with Gasteiger partial charge in [0.2, 0.25) is 0 Å². The highest BCUT2D eigenvalue weighted by atomic mass is 35.5. The molecular formula is C11H18ClNO. The van der Waals surface area contributed by atoms with Crippen molar-refractivity contribution in [1.29, 1.82) is 0 Å². The number of methoxy groups -OCH3 is 1. The Bertz CT molecular complexity index is 244. The first-order chi connectivity index (χ1) is 6.26. The van der Waals surface area contributed by atoms with E-state index in [1.807, 2.05) is 0 Å². The van der Waals surface area contributed by atoms with Crippen molar-refractivity contribution < 1.29 is 4.74 Å². The Morgan fingerprint density at radius 2 is 1.86 bits per heavy atom. The van der Waals surface area contributed by atoms with Crippen LogP contribution in [0.15, 0.2) is 24.3 Å². The summed E-state index contributed by atoms with van der Waals surface area (Å²) in [5.41, 5.74) is 8.10. The molecule has 0 amide bonds. The average Bonchev–Trinajstić information content (AvgIpc) is 2.17. The zero-order valence-electron chi connectivity index (χ0n) is 8.69. The number of nitrogens with two attached hydrogens (primary N) is 1. The summed E-state index contributed by atoms with van der Waals surface area (Å²) in [5, 5.41) is 0. The van der Waals surface area contributed by atoms with Crippen LogP contribution in [0, 0.1) is 6.92 Å². The van der Waals surface area contributed by atoms with E-state index in [4.69, 9.17) is 10.5 Å². The second-order valence-electron chi connectivity index (χ2n) is 3.28. The molecule has 1 rings (SSSR count). The van der Waals surface area contributed by atoms with Gasteiger partial charge in [-0.2, -0.15) is 0 Å². The first-order valence-electron chi connectivity index (χ1n) is 4.54. The summed E-state index contributed by atoms with van der Waals surface area (Å²) >= 11 is 0. The van der Waals surface area contributed by atoms with Crippen molar-refractivity contribution in [1.82, 2.24) is 0 Å². The highest BCUT2D eigenvalue weighted by Gasteiger charge is 2.04. The van der Waals surface area contributed by atoms with Crippen LogP contribution < -0.4 is 5.73 Å². The maximum absolute atomic E-state index is 5.54. The summed E-state index contributed by atoms with van der Waals surface area (Å²) in [7, 11) is 1.70. The van der Waals surface area contributed by atoms with Crippen molar-refractivity contribution in [2.45, 2.75) is 19.4 Å². The average molecular weight is 216 g/mol. The Labute approximate surface area is 91.9 Å². The molecule has 0 aliphatic rings. The van der Waals surface area contributed by atoms with Gasteiger partial charge in [0.05, 0.1) is 6.10 Å². The highest BCUT2D eigenvalue weighted by Crippen LogP contribution is 2.06. The number of ether oxygens (including phenoxy) is 1. The van der Waals surface area contributed by atoms with Crippen LogP contribution in [0.25, 0.3) is 0 Å². The van der Waals surface area contributed by atoms with Crippen molar-refractivity contribution in [3.63, 3.8) is 0 Å². The highest BCUT2D eigenvalue weighted by molar-refractivity contribution is 5.85. The van der Waals surface area contributed by atoms with Crippen LogP contribution in [0.2, 0.25) is 0 Å². The molecule has 0 aliphatic heterocycles. The van der Waals surface area contributed by atoms with Crippen molar-refractivity contribution in [2.24, 2.45) is 5.73 Å². The van der Waals surface area contributed by atoms with E-state index < -0.39 is 0 Å². The molecule has 14 heavy (non-hydrogen) atoms. The van der Waals surface area contributed by atoms with E-state index in [2.05, 4.69) is 31.2 Å². The van der Waals surface area contributed by atoms with E-state index in [0.29, 0.717) is 6.54 Å². The van der Waals surface area contributed by atoms with Crippen LogP contribution in [0.4, 0.5) is 0 Å². The maximum atomic E-state index is 5.54. The summed E-state index contributed by atoms with van der Waals surface area (Å²) < 4.78 is 5.21. The molecule has 2 N–H and O–H groups in total. The van der Waals surface area contributed by atoms with Gasteiger partial charge < -0.3 is 10.5 Å². The van der Waals surface area contributed by atoms with Gasteiger partial charge in [-0.25, -0.2) is 0 Å². The number of hydrogen-bond acceptors (Lipinski definition) is 2. The van der Waals surface area contributed by atoms with E-state index >= 15 is 0 Å². The molecular weight excluding hydrogens is 198 g/mol. The minimum Gasteiger partial charge on any atom is -0.380 e. The molecule has 1 unspecified atom stereocenters. The number of aryl methyl sites for hydroxylation is 1. The molecule has 0 heterocycles.